The van der Waals surface area contributed by atoms with E-state index < -0.39 is 7.12 Å². The lowest BCUT2D eigenvalue weighted by Gasteiger charge is -2.06. The molecule has 1 heterocycles. The molecule has 0 aliphatic rings. The fourth-order valence-electron chi connectivity index (χ4n) is 1.58. The standard InChI is InChI=1S/C10H9BClNO2/c1-6-4-7(11(14)15)5-8-9(12)2-3-13-10(6)8/h2-5,14-15H,1H3. The van der Waals surface area contributed by atoms with Crippen molar-refractivity contribution in [3.8, 4) is 0 Å². The van der Waals surface area contributed by atoms with Crippen LogP contribution < -0.4 is 5.46 Å². The minimum absolute atomic E-state index is 0.426. The van der Waals surface area contributed by atoms with Gasteiger partial charge in [-0.3, -0.25) is 4.98 Å². The minimum atomic E-state index is -1.48. The van der Waals surface area contributed by atoms with Gasteiger partial charge in [0, 0.05) is 11.6 Å². The van der Waals surface area contributed by atoms with Crippen molar-refractivity contribution < 1.29 is 10.0 Å². The van der Waals surface area contributed by atoms with Gasteiger partial charge < -0.3 is 10.0 Å². The second-order valence-corrected chi connectivity index (χ2v) is 3.81. The molecule has 0 unspecified atom stereocenters. The van der Waals surface area contributed by atoms with Crippen LogP contribution >= 0.6 is 11.6 Å². The van der Waals surface area contributed by atoms with Crippen LogP contribution in [0.15, 0.2) is 24.4 Å². The molecule has 5 heteroatoms. The van der Waals surface area contributed by atoms with Gasteiger partial charge in [-0.15, -0.1) is 0 Å². The summed E-state index contributed by atoms with van der Waals surface area (Å²) in [6, 6.07) is 5.01. The van der Waals surface area contributed by atoms with Gasteiger partial charge in [-0.1, -0.05) is 23.7 Å². The van der Waals surface area contributed by atoms with Crippen LogP contribution in [0.25, 0.3) is 10.9 Å². The molecule has 2 aromatic rings. The van der Waals surface area contributed by atoms with Crippen molar-refractivity contribution in [3.63, 3.8) is 0 Å². The summed E-state index contributed by atoms with van der Waals surface area (Å²) >= 11 is 6.00. The van der Waals surface area contributed by atoms with Crippen molar-refractivity contribution in [1.29, 1.82) is 0 Å². The highest BCUT2D eigenvalue weighted by molar-refractivity contribution is 6.59. The molecule has 0 spiro atoms. The molecule has 0 aliphatic heterocycles. The molecule has 2 N–H and O–H groups in total. The topological polar surface area (TPSA) is 53.4 Å². The first-order valence-corrected chi connectivity index (χ1v) is 4.88. The number of benzene rings is 1. The Kier molecular flexibility index (Phi) is 2.65. The minimum Gasteiger partial charge on any atom is -0.423 e. The predicted molar refractivity (Wildman–Crippen MR) is 61.3 cm³/mol. The summed E-state index contributed by atoms with van der Waals surface area (Å²) in [5.41, 5.74) is 2.08. The third-order valence-electron chi connectivity index (χ3n) is 2.30. The van der Waals surface area contributed by atoms with Crippen LogP contribution in [0, 0.1) is 6.92 Å². The first kappa shape index (κ1) is 10.4. The zero-order valence-electron chi connectivity index (χ0n) is 8.11. The van der Waals surface area contributed by atoms with E-state index in [1.165, 1.54) is 0 Å². The summed E-state index contributed by atoms with van der Waals surface area (Å²) in [5.74, 6) is 0. The molecule has 15 heavy (non-hydrogen) atoms. The lowest BCUT2D eigenvalue weighted by atomic mass is 9.79. The normalized spacial score (nSPS) is 10.7. The van der Waals surface area contributed by atoms with E-state index in [9.17, 15) is 0 Å². The van der Waals surface area contributed by atoms with E-state index in [0.29, 0.717) is 10.5 Å². The van der Waals surface area contributed by atoms with E-state index in [4.69, 9.17) is 21.6 Å². The van der Waals surface area contributed by atoms with Gasteiger partial charge in [-0.25, -0.2) is 0 Å². The molecule has 0 atom stereocenters. The number of aryl methyl sites for hydroxylation is 1. The Morgan fingerprint density at radius 1 is 1.33 bits per heavy atom. The molecular formula is C10H9BClNO2. The fraction of sp³-hybridized carbons (Fsp3) is 0.100. The second kappa shape index (κ2) is 3.81. The zero-order valence-corrected chi connectivity index (χ0v) is 8.86. The van der Waals surface area contributed by atoms with Crippen LogP contribution in [0.1, 0.15) is 5.56 Å². The van der Waals surface area contributed by atoms with E-state index in [0.717, 1.165) is 16.5 Å². The van der Waals surface area contributed by atoms with Crippen molar-refractivity contribution in [3.05, 3.63) is 35.0 Å². The summed E-state index contributed by atoms with van der Waals surface area (Å²) in [4.78, 5) is 4.19. The van der Waals surface area contributed by atoms with Gasteiger partial charge in [-0.05, 0) is 24.0 Å². The van der Waals surface area contributed by atoms with E-state index in [1.807, 2.05) is 6.92 Å². The quantitative estimate of drug-likeness (QED) is 0.703. The van der Waals surface area contributed by atoms with Gasteiger partial charge in [0.05, 0.1) is 10.5 Å². The molecule has 1 aromatic heterocycles. The third kappa shape index (κ3) is 1.84. The van der Waals surface area contributed by atoms with Gasteiger partial charge in [0.25, 0.3) is 0 Å². The van der Waals surface area contributed by atoms with Gasteiger partial charge in [0.1, 0.15) is 0 Å². The molecular weight excluding hydrogens is 212 g/mol. The lowest BCUT2D eigenvalue weighted by molar-refractivity contribution is 0.426. The molecule has 0 saturated carbocycles. The summed E-state index contributed by atoms with van der Waals surface area (Å²) in [6.45, 7) is 1.86. The van der Waals surface area contributed by atoms with Gasteiger partial charge in [0.2, 0.25) is 0 Å². The van der Waals surface area contributed by atoms with Crippen LogP contribution in [-0.2, 0) is 0 Å². The molecule has 76 valence electrons. The van der Waals surface area contributed by atoms with Crippen molar-refractivity contribution in [1.82, 2.24) is 4.98 Å². The largest absolute Gasteiger partial charge is 0.488 e. The Hall–Kier alpha value is -1.10. The second-order valence-electron chi connectivity index (χ2n) is 3.40. The highest BCUT2D eigenvalue weighted by atomic mass is 35.5. The lowest BCUT2D eigenvalue weighted by Crippen LogP contribution is -2.30. The molecule has 0 amide bonds. The number of nitrogens with zero attached hydrogens (tertiary/aromatic N) is 1. The Labute approximate surface area is 92.5 Å². The van der Waals surface area contributed by atoms with E-state index >= 15 is 0 Å². The SMILES string of the molecule is Cc1cc(B(O)O)cc2c(Cl)ccnc12. The van der Waals surface area contributed by atoms with Crippen molar-refractivity contribution in [2.45, 2.75) is 6.92 Å². The van der Waals surface area contributed by atoms with Gasteiger partial charge >= 0.3 is 7.12 Å². The number of fused-ring (bicyclic) bond motifs is 1. The molecule has 1 aromatic carbocycles. The highest BCUT2D eigenvalue weighted by Gasteiger charge is 2.14. The Balaban J connectivity index is 2.80. The van der Waals surface area contributed by atoms with E-state index in [-0.39, 0.29) is 0 Å². The number of hydrogen-bond donors (Lipinski definition) is 2. The van der Waals surface area contributed by atoms with Crippen molar-refractivity contribution in [2.24, 2.45) is 0 Å². The first-order chi connectivity index (χ1) is 7.09. The maximum absolute atomic E-state index is 9.09. The van der Waals surface area contributed by atoms with Crippen LogP contribution in [-0.4, -0.2) is 22.2 Å². The summed E-state index contributed by atoms with van der Waals surface area (Å²) in [7, 11) is -1.48. The molecule has 2 rings (SSSR count). The van der Waals surface area contributed by atoms with Gasteiger partial charge in [0.15, 0.2) is 0 Å². The number of halogens is 1. The zero-order chi connectivity index (χ0) is 11.0. The van der Waals surface area contributed by atoms with Crippen LogP contribution in [0.4, 0.5) is 0 Å². The predicted octanol–water partition coefficient (Wildman–Crippen LogP) is 0.876. The Morgan fingerprint density at radius 3 is 2.73 bits per heavy atom. The van der Waals surface area contributed by atoms with Crippen molar-refractivity contribution >= 4 is 35.1 Å². The van der Waals surface area contributed by atoms with Crippen LogP contribution in [0.3, 0.4) is 0 Å². The number of pyridine rings is 1. The van der Waals surface area contributed by atoms with Crippen molar-refractivity contribution in [2.75, 3.05) is 0 Å². The maximum Gasteiger partial charge on any atom is 0.488 e. The fourth-order valence-corrected chi connectivity index (χ4v) is 1.78. The average molecular weight is 221 g/mol. The summed E-state index contributed by atoms with van der Waals surface area (Å²) in [6.07, 6.45) is 1.63. The number of rotatable bonds is 1. The third-order valence-corrected chi connectivity index (χ3v) is 2.63. The molecule has 0 saturated heterocycles. The monoisotopic (exact) mass is 221 g/mol. The van der Waals surface area contributed by atoms with E-state index in [2.05, 4.69) is 4.98 Å². The van der Waals surface area contributed by atoms with Crippen LogP contribution in [0.2, 0.25) is 5.02 Å². The molecule has 3 nitrogen and oxygen atoms in total. The first-order valence-electron chi connectivity index (χ1n) is 4.50. The van der Waals surface area contributed by atoms with Gasteiger partial charge in [-0.2, -0.15) is 0 Å². The summed E-state index contributed by atoms with van der Waals surface area (Å²) in [5, 5.41) is 19.5. The van der Waals surface area contributed by atoms with Crippen LogP contribution in [0.5, 0.6) is 0 Å². The highest BCUT2D eigenvalue weighted by Crippen LogP contribution is 2.22. The molecule has 0 radical (unpaired) electrons. The smallest absolute Gasteiger partial charge is 0.423 e. The summed E-state index contributed by atoms with van der Waals surface area (Å²) < 4.78 is 0. The average Bonchev–Trinajstić information content (AvgIpc) is 2.19. The Morgan fingerprint density at radius 2 is 2.07 bits per heavy atom. The Bertz CT molecular complexity index is 516. The molecule has 0 aliphatic carbocycles. The maximum atomic E-state index is 9.09. The number of hydrogen-bond acceptors (Lipinski definition) is 3. The molecule has 0 bridgehead atoms. The molecule has 0 fully saturated rings. The van der Waals surface area contributed by atoms with E-state index in [1.54, 1.807) is 24.4 Å². The number of aromatic nitrogens is 1.